The highest BCUT2D eigenvalue weighted by Gasteiger charge is 2.26. The van der Waals surface area contributed by atoms with E-state index in [1.165, 1.54) is 12.8 Å². The predicted octanol–water partition coefficient (Wildman–Crippen LogP) is 2.19. The maximum Gasteiger partial charge on any atom is 0.241 e. The number of carbonyl (C=O) groups is 2. The van der Waals surface area contributed by atoms with E-state index < -0.39 is 6.04 Å². The fourth-order valence-corrected chi connectivity index (χ4v) is 3.85. The van der Waals surface area contributed by atoms with Crippen LogP contribution in [0.4, 0.5) is 11.4 Å². The van der Waals surface area contributed by atoms with Crippen LogP contribution in [0.1, 0.15) is 38.5 Å². The lowest BCUT2D eigenvalue weighted by molar-refractivity contribution is -0.119. The molecule has 0 saturated carbocycles. The Hall–Kier alpha value is -1.96. The second-order valence-electron chi connectivity index (χ2n) is 7.78. The van der Waals surface area contributed by atoms with Gasteiger partial charge in [-0.15, -0.1) is 0 Å². The zero-order chi connectivity index (χ0) is 19.8. The topological polar surface area (TPSA) is 96.7 Å². The number of anilines is 2. The third-order valence-corrected chi connectivity index (χ3v) is 5.58. The molecule has 4 N–H and O–H groups in total. The zero-order valence-electron chi connectivity index (χ0n) is 16.5. The summed E-state index contributed by atoms with van der Waals surface area (Å²) in [7, 11) is 0. The van der Waals surface area contributed by atoms with Crippen LogP contribution >= 0.6 is 0 Å². The molecule has 3 rings (SSSR count). The van der Waals surface area contributed by atoms with E-state index in [9.17, 15) is 9.59 Å². The number of rotatable bonds is 6. The molecule has 1 atom stereocenters. The minimum atomic E-state index is -0.531. The summed E-state index contributed by atoms with van der Waals surface area (Å²) in [4.78, 5) is 26.9. The van der Waals surface area contributed by atoms with Crippen molar-refractivity contribution in [1.29, 1.82) is 0 Å². The Labute approximate surface area is 167 Å². The number of hydrogen-bond acceptors (Lipinski definition) is 5. The fraction of sp³-hybridized carbons (Fsp3) is 0.619. The van der Waals surface area contributed by atoms with Crippen molar-refractivity contribution >= 4 is 23.2 Å². The lowest BCUT2D eigenvalue weighted by Crippen LogP contribution is -2.43. The summed E-state index contributed by atoms with van der Waals surface area (Å²) in [6, 6.07) is 6.65. The molecule has 2 amide bonds. The van der Waals surface area contributed by atoms with Crippen molar-refractivity contribution in [1.82, 2.24) is 4.90 Å². The number of benzene rings is 1. The highest BCUT2D eigenvalue weighted by atomic mass is 16.5. The Bertz CT molecular complexity index is 636. The van der Waals surface area contributed by atoms with Gasteiger partial charge in [-0.1, -0.05) is 12.8 Å². The molecule has 0 radical (unpaired) electrons. The monoisotopic (exact) mass is 388 g/mol. The van der Waals surface area contributed by atoms with Gasteiger partial charge in [0.15, 0.2) is 0 Å². The van der Waals surface area contributed by atoms with Crippen molar-refractivity contribution in [3.63, 3.8) is 0 Å². The number of amides is 2. The number of hydrogen-bond donors (Lipinski definition) is 3. The zero-order valence-corrected chi connectivity index (χ0v) is 16.5. The van der Waals surface area contributed by atoms with Gasteiger partial charge in [-0.25, -0.2) is 0 Å². The molecule has 1 unspecified atom stereocenters. The molecule has 1 aromatic carbocycles. The van der Waals surface area contributed by atoms with E-state index in [2.05, 4.69) is 15.5 Å². The Kier molecular flexibility index (Phi) is 7.82. The number of likely N-dealkylation sites (tertiary alicyclic amines) is 1. The molecule has 28 heavy (non-hydrogen) atoms. The van der Waals surface area contributed by atoms with Gasteiger partial charge in [0, 0.05) is 24.6 Å². The maximum atomic E-state index is 12.4. The van der Waals surface area contributed by atoms with Crippen LogP contribution in [0.25, 0.3) is 0 Å². The van der Waals surface area contributed by atoms with Gasteiger partial charge in [0.2, 0.25) is 11.8 Å². The first-order chi connectivity index (χ1) is 13.6. The summed E-state index contributed by atoms with van der Waals surface area (Å²) in [5.74, 6) is -0.0172. The van der Waals surface area contributed by atoms with Crippen molar-refractivity contribution < 1.29 is 14.3 Å². The lowest BCUT2D eigenvalue weighted by Gasteiger charge is -2.26. The summed E-state index contributed by atoms with van der Waals surface area (Å²) >= 11 is 0. The molecule has 2 fully saturated rings. The Balaban J connectivity index is 1.46. The molecule has 0 aromatic heterocycles. The number of carbonyl (C=O) groups excluding carboxylic acids is 2. The average Bonchev–Trinajstić information content (AvgIpc) is 2.98. The van der Waals surface area contributed by atoms with Crippen LogP contribution in [0.5, 0.6) is 0 Å². The van der Waals surface area contributed by atoms with Crippen LogP contribution in [0.2, 0.25) is 0 Å². The molecule has 0 spiro atoms. The van der Waals surface area contributed by atoms with Gasteiger partial charge in [0.05, 0.1) is 12.6 Å². The van der Waals surface area contributed by atoms with E-state index in [0.717, 1.165) is 44.5 Å². The van der Waals surface area contributed by atoms with E-state index in [-0.39, 0.29) is 17.7 Å². The third kappa shape index (κ3) is 6.29. The molecule has 7 heteroatoms. The van der Waals surface area contributed by atoms with E-state index in [0.29, 0.717) is 25.4 Å². The third-order valence-electron chi connectivity index (χ3n) is 5.58. The molecule has 0 bridgehead atoms. The predicted molar refractivity (Wildman–Crippen MR) is 110 cm³/mol. The van der Waals surface area contributed by atoms with Crippen LogP contribution in [0.15, 0.2) is 24.3 Å². The van der Waals surface area contributed by atoms with E-state index >= 15 is 0 Å². The number of nitrogens with zero attached hydrogens (tertiary/aromatic N) is 1. The van der Waals surface area contributed by atoms with Gasteiger partial charge >= 0.3 is 0 Å². The van der Waals surface area contributed by atoms with Crippen molar-refractivity contribution in [3.05, 3.63) is 24.3 Å². The standard InChI is InChI=1S/C21H32N4O3/c22-20(16-9-13-28-14-10-16)21(27)24-18-7-5-17(6-8-18)23-19(26)15-25-11-3-1-2-4-12-25/h5-8,16,20H,1-4,9-15,22H2,(H,23,26)(H,24,27). The summed E-state index contributed by atoms with van der Waals surface area (Å²) in [6.45, 7) is 3.74. The van der Waals surface area contributed by atoms with Crippen molar-refractivity contribution in [2.75, 3.05) is 43.5 Å². The van der Waals surface area contributed by atoms with Gasteiger partial charge in [0.25, 0.3) is 0 Å². The maximum absolute atomic E-state index is 12.4. The number of nitrogens with two attached hydrogens (primary N) is 1. The highest BCUT2D eigenvalue weighted by Crippen LogP contribution is 2.20. The number of nitrogens with one attached hydrogen (secondary N) is 2. The fourth-order valence-electron chi connectivity index (χ4n) is 3.85. The molecule has 154 valence electrons. The molecule has 2 heterocycles. The Morgan fingerprint density at radius 2 is 1.57 bits per heavy atom. The second kappa shape index (κ2) is 10.5. The molecular weight excluding hydrogens is 356 g/mol. The SMILES string of the molecule is NC(C(=O)Nc1ccc(NC(=O)CN2CCCCCC2)cc1)C1CCOCC1. The molecule has 2 aliphatic rings. The van der Waals surface area contributed by atoms with E-state index in [1.54, 1.807) is 24.3 Å². The first-order valence-electron chi connectivity index (χ1n) is 10.4. The quantitative estimate of drug-likeness (QED) is 0.694. The van der Waals surface area contributed by atoms with Crippen LogP contribution in [-0.2, 0) is 14.3 Å². The van der Waals surface area contributed by atoms with Crippen LogP contribution in [0.3, 0.4) is 0 Å². The molecule has 1 aromatic rings. The van der Waals surface area contributed by atoms with Crippen molar-refractivity contribution in [2.45, 2.75) is 44.6 Å². The lowest BCUT2D eigenvalue weighted by atomic mass is 9.92. The van der Waals surface area contributed by atoms with Crippen LogP contribution in [-0.4, -0.2) is 55.6 Å². The van der Waals surface area contributed by atoms with Gasteiger partial charge in [-0.2, -0.15) is 0 Å². The summed E-state index contributed by atoms with van der Waals surface area (Å²) in [5, 5.41) is 5.80. The molecule has 7 nitrogen and oxygen atoms in total. The Morgan fingerprint density at radius 1 is 1.00 bits per heavy atom. The minimum absolute atomic E-state index is 0.000209. The van der Waals surface area contributed by atoms with Crippen LogP contribution < -0.4 is 16.4 Å². The van der Waals surface area contributed by atoms with Gasteiger partial charge < -0.3 is 21.1 Å². The van der Waals surface area contributed by atoms with E-state index in [4.69, 9.17) is 10.5 Å². The first-order valence-corrected chi connectivity index (χ1v) is 10.4. The largest absolute Gasteiger partial charge is 0.381 e. The molecule has 0 aliphatic carbocycles. The second-order valence-corrected chi connectivity index (χ2v) is 7.78. The van der Waals surface area contributed by atoms with Gasteiger partial charge in [-0.3, -0.25) is 14.5 Å². The smallest absolute Gasteiger partial charge is 0.241 e. The molecular formula is C21H32N4O3. The minimum Gasteiger partial charge on any atom is -0.381 e. The summed E-state index contributed by atoms with van der Waals surface area (Å²) < 4.78 is 5.32. The van der Waals surface area contributed by atoms with Gasteiger partial charge in [0.1, 0.15) is 0 Å². The van der Waals surface area contributed by atoms with Crippen molar-refractivity contribution in [2.24, 2.45) is 11.7 Å². The highest BCUT2D eigenvalue weighted by molar-refractivity contribution is 5.96. The first kappa shape index (κ1) is 20.8. The normalized spacial score (nSPS) is 20.2. The number of ether oxygens (including phenoxy) is 1. The van der Waals surface area contributed by atoms with E-state index in [1.807, 2.05) is 0 Å². The summed E-state index contributed by atoms with van der Waals surface area (Å²) in [5.41, 5.74) is 7.51. The molecule has 2 saturated heterocycles. The molecule has 2 aliphatic heterocycles. The summed E-state index contributed by atoms with van der Waals surface area (Å²) in [6.07, 6.45) is 6.47. The van der Waals surface area contributed by atoms with Crippen LogP contribution in [0, 0.1) is 5.92 Å². The average molecular weight is 389 g/mol. The Morgan fingerprint density at radius 3 is 2.18 bits per heavy atom. The van der Waals surface area contributed by atoms with Crippen molar-refractivity contribution in [3.8, 4) is 0 Å². The van der Waals surface area contributed by atoms with Gasteiger partial charge in [-0.05, 0) is 69.0 Å².